The van der Waals surface area contributed by atoms with Gasteiger partial charge in [-0.2, -0.15) is 0 Å². The van der Waals surface area contributed by atoms with Gasteiger partial charge in [0.15, 0.2) is 0 Å². The van der Waals surface area contributed by atoms with E-state index < -0.39 is 24.5 Å². The summed E-state index contributed by atoms with van der Waals surface area (Å²) in [7, 11) is 1.32. The predicted octanol–water partition coefficient (Wildman–Crippen LogP) is -0.815. The van der Waals surface area contributed by atoms with Crippen molar-refractivity contribution in [3.63, 3.8) is 0 Å². The fourth-order valence-electron chi connectivity index (χ4n) is 1.22. The molecule has 1 aliphatic rings. The summed E-state index contributed by atoms with van der Waals surface area (Å²) in [5.41, 5.74) is 0.332. The Kier molecular flexibility index (Phi) is 2.70. The lowest BCUT2D eigenvalue weighted by Crippen LogP contribution is -2.47. The quantitative estimate of drug-likeness (QED) is 0.566. The van der Waals surface area contributed by atoms with Gasteiger partial charge in [-0.25, -0.2) is 4.79 Å². The van der Waals surface area contributed by atoms with Crippen molar-refractivity contribution in [1.82, 2.24) is 0 Å². The number of ether oxygens (including phenoxy) is 2. The molecule has 0 saturated carbocycles. The Balaban J connectivity index is 2.88. The van der Waals surface area contributed by atoms with Crippen molar-refractivity contribution >= 4 is 5.97 Å². The second-order valence-corrected chi connectivity index (χ2v) is 2.85. The SMILES string of the molecule is COC(CO)C1(O)OC(=O)C=C1C. The summed E-state index contributed by atoms with van der Waals surface area (Å²) in [6.07, 6.45) is 0.219. The fraction of sp³-hybridized carbons (Fsp3) is 0.625. The lowest BCUT2D eigenvalue weighted by atomic mass is 10.0. The van der Waals surface area contributed by atoms with Crippen LogP contribution >= 0.6 is 0 Å². The van der Waals surface area contributed by atoms with Crippen molar-refractivity contribution in [3.05, 3.63) is 11.6 Å². The number of carbonyl (C=O) groups excluding carboxylic acids is 1. The van der Waals surface area contributed by atoms with Gasteiger partial charge < -0.3 is 19.7 Å². The molecule has 74 valence electrons. The molecule has 5 nitrogen and oxygen atoms in total. The van der Waals surface area contributed by atoms with E-state index in [2.05, 4.69) is 4.74 Å². The average Bonchev–Trinajstić information content (AvgIpc) is 2.29. The zero-order valence-electron chi connectivity index (χ0n) is 7.48. The van der Waals surface area contributed by atoms with Crippen LogP contribution in [0.5, 0.6) is 0 Å². The van der Waals surface area contributed by atoms with E-state index >= 15 is 0 Å². The molecule has 2 atom stereocenters. The van der Waals surface area contributed by atoms with Crippen LogP contribution in [0.2, 0.25) is 0 Å². The minimum atomic E-state index is -1.82. The number of hydrogen-bond donors (Lipinski definition) is 2. The lowest BCUT2D eigenvalue weighted by Gasteiger charge is -2.29. The van der Waals surface area contributed by atoms with Gasteiger partial charge in [0.2, 0.25) is 0 Å². The summed E-state index contributed by atoms with van der Waals surface area (Å²) in [4.78, 5) is 10.8. The summed E-state index contributed by atoms with van der Waals surface area (Å²) < 4.78 is 9.43. The van der Waals surface area contributed by atoms with Gasteiger partial charge in [0, 0.05) is 18.8 Å². The van der Waals surface area contributed by atoms with Crippen molar-refractivity contribution in [1.29, 1.82) is 0 Å². The Bertz CT molecular complexity index is 243. The van der Waals surface area contributed by atoms with E-state index in [1.165, 1.54) is 20.1 Å². The van der Waals surface area contributed by atoms with E-state index in [4.69, 9.17) is 9.84 Å². The van der Waals surface area contributed by atoms with Gasteiger partial charge in [0.05, 0.1) is 6.61 Å². The molecule has 2 N–H and O–H groups in total. The van der Waals surface area contributed by atoms with Crippen LogP contribution in [0.15, 0.2) is 11.6 Å². The number of aliphatic hydroxyl groups is 2. The standard InChI is InChI=1S/C8H12O5/c1-5-3-7(10)13-8(5,11)6(4-9)12-2/h3,6,9,11H,4H2,1-2H3. The number of carbonyl (C=O) groups is 1. The van der Waals surface area contributed by atoms with Gasteiger partial charge in [0.1, 0.15) is 6.10 Å². The molecule has 0 aromatic rings. The molecule has 0 saturated heterocycles. The molecule has 0 fully saturated rings. The minimum absolute atomic E-state index is 0.332. The first-order valence-electron chi connectivity index (χ1n) is 3.82. The zero-order valence-corrected chi connectivity index (χ0v) is 7.48. The molecule has 0 aromatic carbocycles. The van der Waals surface area contributed by atoms with Crippen molar-refractivity contribution in [3.8, 4) is 0 Å². The number of esters is 1. The molecule has 0 spiro atoms. The number of hydrogen-bond acceptors (Lipinski definition) is 5. The van der Waals surface area contributed by atoms with Crippen molar-refractivity contribution in [2.45, 2.75) is 18.8 Å². The number of methoxy groups -OCH3 is 1. The van der Waals surface area contributed by atoms with E-state index in [9.17, 15) is 9.90 Å². The Morgan fingerprint density at radius 1 is 1.77 bits per heavy atom. The molecular formula is C8H12O5. The van der Waals surface area contributed by atoms with Crippen LogP contribution in [0.4, 0.5) is 0 Å². The van der Waals surface area contributed by atoms with Crippen LogP contribution < -0.4 is 0 Å². The maximum atomic E-state index is 10.8. The first-order valence-corrected chi connectivity index (χ1v) is 3.82. The summed E-state index contributed by atoms with van der Waals surface area (Å²) in [5, 5.41) is 18.6. The molecule has 0 bridgehead atoms. The topological polar surface area (TPSA) is 76.0 Å². The zero-order chi connectivity index (χ0) is 10.1. The van der Waals surface area contributed by atoms with Crippen LogP contribution in [0, 0.1) is 0 Å². The molecule has 2 unspecified atom stereocenters. The third kappa shape index (κ3) is 1.58. The van der Waals surface area contributed by atoms with E-state index in [1.54, 1.807) is 0 Å². The maximum Gasteiger partial charge on any atom is 0.333 e. The molecular weight excluding hydrogens is 176 g/mol. The van der Waals surface area contributed by atoms with Gasteiger partial charge in [-0.1, -0.05) is 0 Å². The Labute approximate surface area is 75.6 Å². The van der Waals surface area contributed by atoms with E-state index in [-0.39, 0.29) is 0 Å². The smallest absolute Gasteiger partial charge is 0.333 e. The molecule has 1 rings (SSSR count). The molecule has 5 heteroatoms. The third-order valence-corrected chi connectivity index (χ3v) is 2.04. The Hall–Kier alpha value is -0.910. The monoisotopic (exact) mass is 188 g/mol. The molecule has 0 radical (unpaired) electrons. The molecule has 1 heterocycles. The number of rotatable bonds is 3. The van der Waals surface area contributed by atoms with Gasteiger partial charge >= 0.3 is 5.97 Å². The lowest BCUT2D eigenvalue weighted by molar-refractivity contribution is -0.227. The van der Waals surface area contributed by atoms with Crippen molar-refractivity contribution < 1.29 is 24.5 Å². The highest BCUT2D eigenvalue weighted by Gasteiger charge is 2.46. The largest absolute Gasteiger partial charge is 0.423 e. The van der Waals surface area contributed by atoms with Gasteiger partial charge in [-0.05, 0) is 6.92 Å². The summed E-state index contributed by atoms with van der Waals surface area (Å²) >= 11 is 0. The van der Waals surface area contributed by atoms with Gasteiger partial charge in [0.25, 0.3) is 5.79 Å². The molecule has 0 amide bonds. The van der Waals surface area contributed by atoms with Crippen LogP contribution in [0.3, 0.4) is 0 Å². The van der Waals surface area contributed by atoms with Crippen molar-refractivity contribution in [2.24, 2.45) is 0 Å². The van der Waals surface area contributed by atoms with Crippen LogP contribution in [0.25, 0.3) is 0 Å². The molecule has 13 heavy (non-hydrogen) atoms. The Morgan fingerprint density at radius 2 is 2.38 bits per heavy atom. The maximum absolute atomic E-state index is 10.8. The normalized spacial score (nSPS) is 29.8. The Morgan fingerprint density at radius 3 is 2.69 bits per heavy atom. The van der Waals surface area contributed by atoms with Crippen molar-refractivity contribution in [2.75, 3.05) is 13.7 Å². The number of cyclic esters (lactones) is 1. The van der Waals surface area contributed by atoms with Crippen LogP contribution in [-0.2, 0) is 14.3 Å². The van der Waals surface area contributed by atoms with Gasteiger partial charge in [-0.3, -0.25) is 0 Å². The van der Waals surface area contributed by atoms with Crippen LogP contribution in [0.1, 0.15) is 6.92 Å². The highest BCUT2D eigenvalue weighted by atomic mass is 16.7. The summed E-state index contributed by atoms with van der Waals surface area (Å²) in [6, 6.07) is 0. The number of aliphatic hydroxyl groups excluding tert-OH is 1. The van der Waals surface area contributed by atoms with E-state index in [0.717, 1.165) is 0 Å². The molecule has 1 aliphatic heterocycles. The molecule has 0 aromatic heterocycles. The summed E-state index contributed by atoms with van der Waals surface area (Å²) in [6.45, 7) is 1.11. The third-order valence-electron chi connectivity index (χ3n) is 2.04. The van der Waals surface area contributed by atoms with E-state index in [0.29, 0.717) is 5.57 Å². The molecule has 0 aliphatic carbocycles. The van der Waals surface area contributed by atoms with Crippen LogP contribution in [-0.4, -0.2) is 41.8 Å². The highest BCUT2D eigenvalue weighted by molar-refractivity contribution is 5.86. The average molecular weight is 188 g/mol. The highest BCUT2D eigenvalue weighted by Crippen LogP contribution is 2.29. The summed E-state index contributed by atoms with van der Waals surface area (Å²) in [5.74, 6) is -2.45. The minimum Gasteiger partial charge on any atom is -0.423 e. The fourth-order valence-corrected chi connectivity index (χ4v) is 1.22. The second-order valence-electron chi connectivity index (χ2n) is 2.85. The van der Waals surface area contributed by atoms with Gasteiger partial charge in [-0.15, -0.1) is 0 Å². The predicted molar refractivity (Wildman–Crippen MR) is 42.7 cm³/mol. The first kappa shape index (κ1) is 10.2. The first-order chi connectivity index (χ1) is 6.04. The van der Waals surface area contributed by atoms with E-state index in [1.807, 2.05) is 0 Å². The second kappa shape index (κ2) is 3.45.